The van der Waals surface area contributed by atoms with Gasteiger partial charge in [0.25, 0.3) is 0 Å². The number of likely N-dealkylation sites (tertiary alicyclic amines) is 1. The molecule has 2 fully saturated rings. The maximum absolute atomic E-state index is 7.04. The van der Waals surface area contributed by atoms with E-state index in [1.807, 2.05) is 0 Å². The van der Waals surface area contributed by atoms with Crippen LogP contribution in [-0.2, 0) is 0 Å². The second-order valence-corrected chi connectivity index (χ2v) is 6.55. The van der Waals surface area contributed by atoms with Crippen molar-refractivity contribution >= 4 is 23.5 Å². The van der Waals surface area contributed by atoms with Crippen LogP contribution < -0.4 is 0 Å². The average molecular weight is 203 g/mol. The third-order valence-corrected chi connectivity index (χ3v) is 5.88. The summed E-state index contributed by atoms with van der Waals surface area (Å²) in [5, 5.41) is 3.64. The fraction of sp³-hybridized carbons (Fsp3) is 1.00. The molecule has 0 aromatic carbocycles. The lowest BCUT2D eigenvalue weighted by Gasteiger charge is -2.19. The van der Waals surface area contributed by atoms with Gasteiger partial charge >= 0.3 is 0 Å². The van der Waals surface area contributed by atoms with Gasteiger partial charge in [0, 0.05) is 24.5 Å². The molecule has 68 valence electrons. The number of nitrogens with one attached hydrogen (secondary N) is 1. The first-order valence-corrected chi connectivity index (χ1v) is 6.08. The highest BCUT2D eigenvalue weighted by molar-refractivity contribution is 8.21. The topological polar surface area (TPSA) is 39.5 Å². The van der Waals surface area contributed by atoms with Gasteiger partial charge in [0.05, 0.1) is 4.08 Å². The van der Waals surface area contributed by atoms with E-state index in [4.69, 9.17) is 5.53 Å². The molecule has 2 aliphatic rings. The second-order valence-electron chi connectivity index (χ2n) is 3.34. The van der Waals surface area contributed by atoms with Gasteiger partial charge in [0.2, 0.25) is 0 Å². The molecule has 0 bridgehead atoms. The van der Waals surface area contributed by atoms with Crippen LogP contribution in [0.5, 0.6) is 0 Å². The molecule has 2 rings (SSSR count). The molecule has 0 aromatic rings. The van der Waals surface area contributed by atoms with Crippen LogP contribution in [0.2, 0.25) is 0 Å². The minimum atomic E-state index is 0.142. The molecule has 0 amide bonds. The molecular formula is C7H13N3S2. The number of nitrogens with zero attached hydrogens (tertiary/aromatic N) is 2. The summed E-state index contributed by atoms with van der Waals surface area (Å²) >= 11 is 4.11. The minimum Gasteiger partial charge on any atom is -0.281 e. The van der Waals surface area contributed by atoms with Crippen LogP contribution in [0.25, 0.3) is 0 Å². The highest BCUT2D eigenvalue weighted by Gasteiger charge is 2.45. The summed E-state index contributed by atoms with van der Waals surface area (Å²) in [4.78, 5) is 2.19. The number of hydrogen-bond donors (Lipinski definition) is 1. The summed E-state index contributed by atoms with van der Waals surface area (Å²) < 4.78 is 0.379. The smallest absolute Gasteiger partial charge is 0.125 e. The Morgan fingerprint density at radius 1 is 1.50 bits per heavy atom. The standard InChI is InChI=1S/C7H13N3S2/c1-10-5-7(4-6(10)9-8)11-2-3-12-7/h6,8H,2-5H2,1H3. The maximum atomic E-state index is 7.04. The van der Waals surface area contributed by atoms with E-state index >= 15 is 0 Å². The largest absolute Gasteiger partial charge is 0.281 e. The van der Waals surface area contributed by atoms with E-state index in [9.17, 15) is 0 Å². The van der Waals surface area contributed by atoms with Gasteiger partial charge in [-0.25, -0.2) is 5.53 Å². The Morgan fingerprint density at radius 2 is 2.17 bits per heavy atom. The van der Waals surface area contributed by atoms with Crippen molar-refractivity contribution in [1.29, 1.82) is 5.53 Å². The average Bonchev–Trinajstić information content (AvgIpc) is 2.60. The number of hydrogen-bond acceptors (Lipinski definition) is 5. The zero-order valence-corrected chi connectivity index (χ0v) is 8.75. The van der Waals surface area contributed by atoms with E-state index in [-0.39, 0.29) is 6.17 Å². The normalized spacial score (nSPS) is 34.6. The molecule has 5 heteroatoms. The van der Waals surface area contributed by atoms with Crippen molar-refractivity contribution in [3.05, 3.63) is 0 Å². The van der Waals surface area contributed by atoms with Crippen molar-refractivity contribution in [2.45, 2.75) is 16.7 Å². The third-order valence-electron chi connectivity index (χ3n) is 2.46. The van der Waals surface area contributed by atoms with Crippen molar-refractivity contribution in [3.8, 4) is 0 Å². The number of rotatable bonds is 1. The minimum absolute atomic E-state index is 0.142. The Labute approximate surface area is 81.2 Å². The molecule has 0 saturated carbocycles. The van der Waals surface area contributed by atoms with E-state index in [0.29, 0.717) is 4.08 Å². The maximum Gasteiger partial charge on any atom is 0.125 e. The van der Waals surface area contributed by atoms with E-state index in [2.05, 4.69) is 40.6 Å². The van der Waals surface area contributed by atoms with Gasteiger partial charge in [-0.1, -0.05) is 0 Å². The first kappa shape index (κ1) is 8.84. The first-order valence-electron chi connectivity index (χ1n) is 4.10. The van der Waals surface area contributed by atoms with Crippen molar-refractivity contribution < 1.29 is 0 Å². The molecule has 1 atom stereocenters. The molecule has 0 aliphatic carbocycles. The molecule has 1 unspecified atom stereocenters. The van der Waals surface area contributed by atoms with E-state index < -0.39 is 0 Å². The summed E-state index contributed by atoms with van der Waals surface area (Å²) in [7, 11) is 2.07. The van der Waals surface area contributed by atoms with Crippen molar-refractivity contribution in [2.75, 3.05) is 25.1 Å². The Hall–Kier alpha value is 0.260. The predicted octanol–water partition coefficient (Wildman–Crippen LogP) is 1.86. The van der Waals surface area contributed by atoms with Crippen LogP contribution in [0.1, 0.15) is 6.42 Å². The molecule has 1 N–H and O–H groups in total. The zero-order valence-electron chi connectivity index (χ0n) is 7.12. The summed E-state index contributed by atoms with van der Waals surface area (Å²) in [6, 6.07) is 0. The molecular weight excluding hydrogens is 190 g/mol. The molecule has 0 aromatic heterocycles. The Morgan fingerprint density at radius 3 is 2.67 bits per heavy atom. The predicted molar refractivity (Wildman–Crippen MR) is 53.8 cm³/mol. The SMILES string of the molecule is CN1CC2(CC1N=N)SCCS2. The van der Waals surface area contributed by atoms with Gasteiger partial charge in [-0.2, -0.15) is 5.11 Å². The van der Waals surface area contributed by atoms with E-state index in [0.717, 1.165) is 13.0 Å². The van der Waals surface area contributed by atoms with Crippen LogP contribution in [-0.4, -0.2) is 40.2 Å². The second kappa shape index (κ2) is 3.20. The first-order chi connectivity index (χ1) is 5.76. The van der Waals surface area contributed by atoms with Crippen LogP contribution in [0.4, 0.5) is 0 Å². The van der Waals surface area contributed by atoms with Crippen molar-refractivity contribution in [2.24, 2.45) is 5.11 Å². The van der Waals surface area contributed by atoms with Gasteiger partial charge < -0.3 is 0 Å². The monoisotopic (exact) mass is 203 g/mol. The molecule has 12 heavy (non-hydrogen) atoms. The van der Waals surface area contributed by atoms with Gasteiger partial charge in [-0.05, 0) is 7.05 Å². The molecule has 2 heterocycles. The number of thioether (sulfide) groups is 2. The molecule has 0 radical (unpaired) electrons. The lowest BCUT2D eigenvalue weighted by molar-refractivity contribution is 0.306. The van der Waals surface area contributed by atoms with Crippen molar-refractivity contribution in [1.82, 2.24) is 4.90 Å². The summed E-state index contributed by atoms with van der Waals surface area (Å²) in [5.74, 6) is 2.53. The van der Waals surface area contributed by atoms with Crippen LogP contribution in [0.15, 0.2) is 5.11 Å². The molecule has 1 spiro atoms. The van der Waals surface area contributed by atoms with Gasteiger partial charge in [-0.15, -0.1) is 23.5 Å². The Bertz CT molecular complexity index is 191. The van der Waals surface area contributed by atoms with Gasteiger partial charge in [-0.3, -0.25) is 4.90 Å². The lowest BCUT2D eigenvalue weighted by Crippen LogP contribution is -2.24. The Kier molecular flexibility index (Phi) is 2.35. The summed E-state index contributed by atoms with van der Waals surface area (Å²) in [6.07, 6.45) is 1.20. The lowest BCUT2D eigenvalue weighted by atomic mass is 10.3. The van der Waals surface area contributed by atoms with E-state index in [1.165, 1.54) is 11.5 Å². The quantitative estimate of drug-likeness (QED) is 0.661. The highest BCUT2D eigenvalue weighted by atomic mass is 32.2. The molecule has 3 nitrogen and oxygen atoms in total. The van der Waals surface area contributed by atoms with Gasteiger partial charge in [0.15, 0.2) is 0 Å². The third kappa shape index (κ3) is 1.38. The molecule has 2 saturated heterocycles. The van der Waals surface area contributed by atoms with E-state index in [1.54, 1.807) is 0 Å². The van der Waals surface area contributed by atoms with Crippen LogP contribution in [0, 0.1) is 5.53 Å². The van der Waals surface area contributed by atoms with Gasteiger partial charge in [0.1, 0.15) is 6.17 Å². The van der Waals surface area contributed by atoms with Crippen molar-refractivity contribution in [3.63, 3.8) is 0 Å². The Balaban J connectivity index is 2.08. The van der Waals surface area contributed by atoms with Crippen LogP contribution in [0.3, 0.4) is 0 Å². The fourth-order valence-corrected chi connectivity index (χ4v) is 5.20. The summed E-state index contributed by atoms with van der Waals surface area (Å²) in [6.45, 7) is 1.09. The zero-order chi connectivity index (χ0) is 8.60. The molecule has 2 aliphatic heterocycles. The summed E-state index contributed by atoms with van der Waals surface area (Å²) in [5.41, 5.74) is 7.04. The van der Waals surface area contributed by atoms with Crippen LogP contribution >= 0.6 is 23.5 Å². The highest BCUT2D eigenvalue weighted by Crippen LogP contribution is 2.51. The fourth-order valence-electron chi connectivity index (χ4n) is 1.83.